The van der Waals surface area contributed by atoms with Gasteiger partial charge in [-0.15, -0.1) is 11.8 Å². The second-order valence-corrected chi connectivity index (χ2v) is 6.52. The SMILES string of the molecule is CCOC(=O)C(C)(CCSc1ccccc1F)NC(C)C. The summed E-state index contributed by atoms with van der Waals surface area (Å²) < 4.78 is 18.7. The van der Waals surface area contributed by atoms with Gasteiger partial charge in [0.15, 0.2) is 0 Å². The van der Waals surface area contributed by atoms with E-state index in [0.717, 1.165) is 0 Å². The largest absolute Gasteiger partial charge is 0.465 e. The predicted molar refractivity (Wildman–Crippen MR) is 85.1 cm³/mol. The Kier molecular flexibility index (Phi) is 7.18. The first kappa shape index (κ1) is 18.0. The lowest BCUT2D eigenvalue weighted by Crippen LogP contribution is -2.53. The monoisotopic (exact) mass is 313 g/mol. The maximum Gasteiger partial charge on any atom is 0.326 e. The average molecular weight is 313 g/mol. The van der Waals surface area contributed by atoms with Crippen LogP contribution in [0.25, 0.3) is 0 Å². The van der Waals surface area contributed by atoms with Gasteiger partial charge in [-0.1, -0.05) is 12.1 Å². The second kappa shape index (κ2) is 8.39. The fourth-order valence-electron chi connectivity index (χ4n) is 2.09. The molecule has 1 aromatic rings. The minimum Gasteiger partial charge on any atom is -0.465 e. The Morgan fingerprint density at radius 1 is 1.43 bits per heavy atom. The Bertz CT molecular complexity index is 467. The number of hydrogen-bond acceptors (Lipinski definition) is 4. The van der Waals surface area contributed by atoms with Crippen molar-refractivity contribution in [1.29, 1.82) is 0 Å². The molecule has 0 heterocycles. The molecule has 1 rings (SSSR count). The number of halogens is 1. The van der Waals surface area contributed by atoms with Crippen molar-refractivity contribution in [2.75, 3.05) is 12.4 Å². The maximum absolute atomic E-state index is 13.6. The normalized spacial score (nSPS) is 14.0. The van der Waals surface area contributed by atoms with Gasteiger partial charge in [-0.25, -0.2) is 4.39 Å². The third kappa shape index (κ3) is 5.67. The molecule has 5 heteroatoms. The number of benzene rings is 1. The first-order valence-electron chi connectivity index (χ1n) is 7.21. The summed E-state index contributed by atoms with van der Waals surface area (Å²) in [7, 11) is 0. The van der Waals surface area contributed by atoms with E-state index in [2.05, 4.69) is 5.32 Å². The first-order chi connectivity index (χ1) is 9.89. The number of esters is 1. The van der Waals surface area contributed by atoms with E-state index in [1.54, 1.807) is 19.1 Å². The lowest BCUT2D eigenvalue weighted by Gasteiger charge is -2.30. The van der Waals surface area contributed by atoms with Crippen molar-refractivity contribution in [1.82, 2.24) is 5.32 Å². The molecule has 1 atom stereocenters. The molecule has 1 unspecified atom stereocenters. The molecule has 21 heavy (non-hydrogen) atoms. The highest BCUT2D eigenvalue weighted by molar-refractivity contribution is 7.99. The minimum atomic E-state index is -0.748. The molecule has 0 amide bonds. The van der Waals surface area contributed by atoms with Crippen LogP contribution in [0.2, 0.25) is 0 Å². The molecule has 0 aromatic heterocycles. The molecule has 0 spiro atoms. The molecule has 0 aliphatic carbocycles. The van der Waals surface area contributed by atoms with E-state index in [4.69, 9.17) is 4.74 Å². The second-order valence-electron chi connectivity index (χ2n) is 5.38. The number of ether oxygens (including phenoxy) is 1. The van der Waals surface area contributed by atoms with Gasteiger partial charge in [0.1, 0.15) is 11.4 Å². The summed E-state index contributed by atoms with van der Waals surface area (Å²) in [6, 6.07) is 6.83. The van der Waals surface area contributed by atoms with Crippen LogP contribution >= 0.6 is 11.8 Å². The molecule has 0 saturated carbocycles. The molecule has 1 aromatic carbocycles. The first-order valence-corrected chi connectivity index (χ1v) is 8.20. The predicted octanol–water partition coefficient (Wildman–Crippen LogP) is 3.63. The van der Waals surface area contributed by atoms with E-state index in [1.807, 2.05) is 26.8 Å². The molecule has 0 radical (unpaired) electrons. The van der Waals surface area contributed by atoms with Crippen LogP contribution in [0.4, 0.5) is 4.39 Å². The summed E-state index contributed by atoms with van der Waals surface area (Å²) >= 11 is 1.41. The van der Waals surface area contributed by atoms with Crippen molar-refractivity contribution in [2.45, 2.75) is 50.6 Å². The van der Waals surface area contributed by atoms with Crippen molar-refractivity contribution in [3.05, 3.63) is 30.1 Å². The third-order valence-electron chi connectivity index (χ3n) is 3.03. The van der Waals surface area contributed by atoms with E-state index >= 15 is 0 Å². The topological polar surface area (TPSA) is 38.3 Å². The Hall–Kier alpha value is -1.07. The summed E-state index contributed by atoms with van der Waals surface area (Å²) in [6.07, 6.45) is 0.572. The van der Waals surface area contributed by atoms with Gasteiger partial charge in [0, 0.05) is 16.7 Å². The summed E-state index contributed by atoms with van der Waals surface area (Å²) in [5.74, 6) is 0.153. The average Bonchev–Trinajstić information content (AvgIpc) is 2.40. The number of rotatable bonds is 8. The van der Waals surface area contributed by atoms with Gasteiger partial charge in [0.05, 0.1) is 6.61 Å². The van der Waals surface area contributed by atoms with Crippen LogP contribution in [0.5, 0.6) is 0 Å². The van der Waals surface area contributed by atoms with Crippen LogP contribution in [-0.4, -0.2) is 29.9 Å². The van der Waals surface area contributed by atoms with Crippen LogP contribution < -0.4 is 5.32 Å². The minimum absolute atomic E-state index is 0.165. The Balaban J connectivity index is 2.65. The zero-order valence-electron chi connectivity index (χ0n) is 13.1. The zero-order chi connectivity index (χ0) is 15.9. The Morgan fingerprint density at radius 3 is 2.67 bits per heavy atom. The van der Waals surface area contributed by atoms with Gasteiger partial charge in [-0.05, 0) is 46.2 Å². The molecular formula is C16H24FNO2S. The molecule has 0 bridgehead atoms. The number of carbonyl (C=O) groups is 1. The lowest BCUT2D eigenvalue weighted by atomic mass is 9.98. The van der Waals surface area contributed by atoms with Gasteiger partial charge in [-0.2, -0.15) is 0 Å². The molecule has 0 aliphatic heterocycles. The molecule has 3 nitrogen and oxygen atoms in total. The van der Waals surface area contributed by atoms with Gasteiger partial charge in [0.25, 0.3) is 0 Å². The van der Waals surface area contributed by atoms with Crippen LogP contribution in [0.1, 0.15) is 34.1 Å². The van der Waals surface area contributed by atoms with Crippen LogP contribution in [0.3, 0.4) is 0 Å². The van der Waals surface area contributed by atoms with E-state index in [1.165, 1.54) is 17.8 Å². The molecular weight excluding hydrogens is 289 g/mol. The smallest absolute Gasteiger partial charge is 0.326 e. The van der Waals surface area contributed by atoms with Gasteiger partial charge < -0.3 is 4.74 Å². The van der Waals surface area contributed by atoms with Crippen molar-refractivity contribution in [3.8, 4) is 0 Å². The number of thioether (sulfide) groups is 1. The quantitative estimate of drug-likeness (QED) is 0.587. The van der Waals surface area contributed by atoms with Crippen molar-refractivity contribution < 1.29 is 13.9 Å². The fraction of sp³-hybridized carbons (Fsp3) is 0.562. The molecule has 118 valence electrons. The number of hydrogen-bond donors (Lipinski definition) is 1. The Labute approximate surface area is 130 Å². The Morgan fingerprint density at radius 2 is 2.10 bits per heavy atom. The van der Waals surface area contributed by atoms with Crippen molar-refractivity contribution >= 4 is 17.7 Å². The van der Waals surface area contributed by atoms with E-state index < -0.39 is 5.54 Å². The molecule has 0 aliphatic rings. The van der Waals surface area contributed by atoms with Crippen molar-refractivity contribution in [2.24, 2.45) is 0 Å². The highest BCUT2D eigenvalue weighted by Gasteiger charge is 2.34. The standard InChI is InChI=1S/C16H24FNO2S/c1-5-20-15(19)16(4,18-12(2)3)10-11-21-14-9-7-6-8-13(14)17/h6-9,12,18H,5,10-11H2,1-4H3. The highest BCUT2D eigenvalue weighted by atomic mass is 32.2. The summed E-state index contributed by atoms with van der Waals surface area (Å²) in [5, 5.41) is 3.26. The van der Waals surface area contributed by atoms with Crippen LogP contribution in [0, 0.1) is 5.82 Å². The lowest BCUT2D eigenvalue weighted by molar-refractivity contribution is -0.150. The van der Waals surface area contributed by atoms with Gasteiger partial charge >= 0.3 is 5.97 Å². The fourth-order valence-corrected chi connectivity index (χ4v) is 3.20. The molecule has 0 fully saturated rings. The third-order valence-corrected chi connectivity index (χ3v) is 4.08. The maximum atomic E-state index is 13.6. The van der Waals surface area contributed by atoms with E-state index in [9.17, 15) is 9.18 Å². The number of nitrogens with one attached hydrogen (secondary N) is 1. The van der Waals surface area contributed by atoms with Crippen LogP contribution in [-0.2, 0) is 9.53 Å². The summed E-state index contributed by atoms with van der Waals surface area (Å²) in [4.78, 5) is 12.7. The van der Waals surface area contributed by atoms with Crippen molar-refractivity contribution in [3.63, 3.8) is 0 Å². The van der Waals surface area contributed by atoms with E-state index in [0.29, 0.717) is 23.7 Å². The molecule has 0 saturated heterocycles. The van der Waals surface area contributed by atoms with Gasteiger partial charge in [-0.3, -0.25) is 10.1 Å². The van der Waals surface area contributed by atoms with Crippen LogP contribution in [0.15, 0.2) is 29.2 Å². The zero-order valence-corrected chi connectivity index (χ0v) is 13.9. The molecule has 1 N–H and O–H groups in total. The van der Waals surface area contributed by atoms with Gasteiger partial charge in [0.2, 0.25) is 0 Å². The highest BCUT2D eigenvalue weighted by Crippen LogP contribution is 2.25. The summed E-state index contributed by atoms with van der Waals surface area (Å²) in [5.41, 5.74) is -0.748. The van der Waals surface area contributed by atoms with E-state index in [-0.39, 0.29) is 17.8 Å². The summed E-state index contributed by atoms with van der Waals surface area (Å²) in [6.45, 7) is 7.96. The number of carbonyl (C=O) groups excluding carboxylic acids is 1.